The van der Waals surface area contributed by atoms with Crippen LogP contribution >= 0.6 is 0 Å². The summed E-state index contributed by atoms with van der Waals surface area (Å²) in [7, 11) is 0. The Hall–Kier alpha value is -1.81. The monoisotopic (exact) mass is 286 g/mol. The Balaban J connectivity index is 1.86. The topological polar surface area (TPSA) is 68.3 Å². The molecule has 1 atom stereocenters. The van der Waals surface area contributed by atoms with Crippen LogP contribution in [0.3, 0.4) is 0 Å². The summed E-state index contributed by atoms with van der Waals surface area (Å²) < 4.78 is 5.83. The minimum Gasteiger partial charge on any atom is -0.450 e. The Morgan fingerprint density at radius 2 is 2.00 bits per heavy atom. The number of benzene rings is 1. The summed E-state index contributed by atoms with van der Waals surface area (Å²) in [5.41, 5.74) is 9.92. The van der Waals surface area contributed by atoms with E-state index in [2.05, 4.69) is 11.4 Å². The molecular weight excluding hydrogens is 264 g/mol. The highest BCUT2D eigenvalue weighted by molar-refractivity contribution is 6.00. The maximum Gasteiger partial charge on any atom is 0.287 e. The van der Waals surface area contributed by atoms with Crippen molar-refractivity contribution in [3.8, 4) is 0 Å². The second-order valence-electron chi connectivity index (χ2n) is 6.17. The molecule has 0 spiro atoms. The molecule has 0 aliphatic heterocycles. The summed E-state index contributed by atoms with van der Waals surface area (Å²) in [5, 5.41) is 3.95. The first-order chi connectivity index (χ1) is 9.99. The van der Waals surface area contributed by atoms with Gasteiger partial charge in [-0.3, -0.25) is 4.79 Å². The van der Waals surface area contributed by atoms with Crippen LogP contribution in [0, 0.1) is 26.7 Å². The smallest absolute Gasteiger partial charge is 0.287 e. The second kappa shape index (κ2) is 5.19. The third-order valence-corrected chi connectivity index (χ3v) is 4.41. The average molecular weight is 286 g/mol. The van der Waals surface area contributed by atoms with Crippen LogP contribution in [0.2, 0.25) is 0 Å². The molecule has 4 nitrogen and oxygen atoms in total. The SMILES string of the molecule is Cc1ccc(C)c2c(C)c(C(=O)NCC(N)C3CC3)oc12. The second-order valence-corrected chi connectivity index (χ2v) is 6.17. The molecule has 2 aromatic rings. The Kier molecular flexibility index (Phi) is 3.49. The molecule has 112 valence electrons. The van der Waals surface area contributed by atoms with Gasteiger partial charge in [-0.1, -0.05) is 12.1 Å². The van der Waals surface area contributed by atoms with Crippen molar-refractivity contribution in [2.45, 2.75) is 39.7 Å². The number of carbonyl (C=O) groups excluding carboxylic acids is 1. The summed E-state index contributed by atoms with van der Waals surface area (Å²) in [4.78, 5) is 12.3. The maximum absolute atomic E-state index is 12.3. The molecule has 1 aliphatic carbocycles. The molecule has 1 fully saturated rings. The van der Waals surface area contributed by atoms with Gasteiger partial charge in [-0.2, -0.15) is 0 Å². The molecule has 1 saturated carbocycles. The first-order valence-corrected chi connectivity index (χ1v) is 7.52. The molecule has 0 saturated heterocycles. The lowest BCUT2D eigenvalue weighted by Gasteiger charge is -2.10. The van der Waals surface area contributed by atoms with Gasteiger partial charge in [0.2, 0.25) is 0 Å². The van der Waals surface area contributed by atoms with E-state index >= 15 is 0 Å². The third-order valence-electron chi connectivity index (χ3n) is 4.41. The molecule has 3 rings (SSSR count). The number of furan rings is 1. The highest BCUT2D eigenvalue weighted by atomic mass is 16.3. The van der Waals surface area contributed by atoms with Crippen molar-refractivity contribution in [2.24, 2.45) is 11.7 Å². The Morgan fingerprint density at radius 3 is 2.62 bits per heavy atom. The van der Waals surface area contributed by atoms with Crippen LogP contribution < -0.4 is 11.1 Å². The van der Waals surface area contributed by atoms with Gasteiger partial charge in [-0.05, 0) is 50.7 Å². The van der Waals surface area contributed by atoms with Crippen LogP contribution in [-0.2, 0) is 0 Å². The molecule has 1 aliphatic rings. The van der Waals surface area contributed by atoms with Gasteiger partial charge in [0.1, 0.15) is 5.58 Å². The highest BCUT2D eigenvalue weighted by Crippen LogP contribution is 2.32. The van der Waals surface area contributed by atoms with E-state index in [1.165, 1.54) is 12.8 Å². The van der Waals surface area contributed by atoms with Crippen LogP contribution in [0.25, 0.3) is 11.0 Å². The van der Waals surface area contributed by atoms with Crippen LogP contribution in [0.5, 0.6) is 0 Å². The third kappa shape index (κ3) is 2.56. The minimum atomic E-state index is -0.168. The van der Waals surface area contributed by atoms with Gasteiger partial charge >= 0.3 is 0 Å². The fourth-order valence-electron chi connectivity index (χ4n) is 2.87. The molecule has 1 aromatic carbocycles. The highest BCUT2D eigenvalue weighted by Gasteiger charge is 2.29. The van der Waals surface area contributed by atoms with Crippen molar-refractivity contribution in [3.05, 3.63) is 34.6 Å². The summed E-state index contributed by atoms with van der Waals surface area (Å²) >= 11 is 0. The van der Waals surface area contributed by atoms with Gasteiger partial charge in [-0.15, -0.1) is 0 Å². The van der Waals surface area contributed by atoms with E-state index in [0.29, 0.717) is 18.2 Å². The lowest BCUT2D eigenvalue weighted by Crippen LogP contribution is -2.38. The Labute approximate surface area is 124 Å². The van der Waals surface area contributed by atoms with E-state index in [4.69, 9.17) is 10.2 Å². The number of nitrogens with one attached hydrogen (secondary N) is 1. The lowest BCUT2D eigenvalue weighted by atomic mass is 10.0. The standard InChI is InChI=1S/C17H22N2O2/c1-9-4-5-10(2)15-14(9)11(3)16(21-15)17(20)19-8-13(18)12-6-7-12/h4-5,12-13H,6-8,18H2,1-3H3,(H,19,20). The summed E-state index contributed by atoms with van der Waals surface area (Å²) in [5.74, 6) is 0.815. The average Bonchev–Trinajstić information content (AvgIpc) is 3.24. The first-order valence-electron chi connectivity index (χ1n) is 7.52. The number of aryl methyl sites for hydroxylation is 3. The van der Waals surface area contributed by atoms with Crippen molar-refractivity contribution in [1.29, 1.82) is 0 Å². The Morgan fingerprint density at radius 1 is 1.33 bits per heavy atom. The summed E-state index contributed by atoms with van der Waals surface area (Å²) in [6.07, 6.45) is 2.36. The molecular formula is C17H22N2O2. The van der Waals surface area contributed by atoms with Crippen molar-refractivity contribution in [3.63, 3.8) is 0 Å². The van der Waals surface area contributed by atoms with E-state index in [9.17, 15) is 4.79 Å². The first kappa shape index (κ1) is 14.1. The van der Waals surface area contributed by atoms with Crippen LogP contribution in [0.4, 0.5) is 0 Å². The normalized spacial score (nSPS) is 16.2. The molecule has 0 bridgehead atoms. The predicted molar refractivity (Wildman–Crippen MR) is 83.5 cm³/mol. The van der Waals surface area contributed by atoms with Crippen LogP contribution in [-0.4, -0.2) is 18.5 Å². The number of fused-ring (bicyclic) bond motifs is 1. The number of carbonyl (C=O) groups is 1. The van der Waals surface area contributed by atoms with E-state index in [1.54, 1.807) is 0 Å². The van der Waals surface area contributed by atoms with Crippen molar-refractivity contribution < 1.29 is 9.21 Å². The quantitative estimate of drug-likeness (QED) is 0.908. The van der Waals surface area contributed by atoms with Crippen LogP contribution in [0.1, 0.15) is 40.1 Å². The number of rotatable bonds is 4. The van der Waals surface area contributed by atoms with Crippen molar-refractivity contribution >= 4 is 16.9 Å². The summed E-state index contributed by atoms with van der Waals surface area (Å²) in [6.45, 7) is 6.48. The van der Waals surface area contributed by atoms with Gasteiger partial charge in [-0.25, -0.2) is 0 Å². The zero-order valence-electron chi connectivity index (χ0n) is 12.8. The van der Waals surface area contributed by atoms with Crippen molar-refractivity contribution in [1.82, 2.24) is 5.32 Å². The number of nitrogens with two attached hydrogens (primary N) is 1. The minimum absolute atomic E-state index is 0.0575. The lowest BCUT2D eigenvalue weighted by molar-refractivity contribution is 0.0924. The van der Waals surface area contributed by atoms with Gasteiger partial charge in [0.25, 0.3) is 5.91 Å². The summed E-state index contributed by atoms with van der Waals surface area (Å²) in [6, 6.07) is 4.14. The van der Waals surface area contributed by atoms with Gasteiger partial charge < -0.3 is 15.5 Å². The molecule has 0 radical (unpaired) electrons. The van der Waals surface area contributed by atoms with Gasteiger partial charge in [0, 0.05) is 23.5 Å². The fourth-order valence-corrected chi connectivity index (χ4v) is 2.87. The largest absolute Gasteiger partial charge is 0.450 e. The fraction of sp³-hybridized carbons (Fsp3) is 0.471. The molecule has 4 heteroatoms. The number of amides is 1. The van der Waals surface area contributed by atoms with Crippen LogP contribution in [0.15, 0.2) is 16.5 Å². The molecule has 21 heavy (non-hydrogen) atoms. The Bertz CT molecular complexity index is 698. The maximum atomic E-state index is 12.3. The molecule has 3 N–H and O–H groups in total. The van der Waals surface area contributed by atoms with E-state index in [-0.39, 0.29) is 11.9 Å². The zero-order chi connectivity index (χ0) is 15.1. The molecule has 1 unspecified atom stereocenters. The van der Waals surface area contributed by atoms with Crippen molar-refractivity contribution in [2.75, 3.05) is 6.54 Å². The molecule has 1 amide bonds. The van der Waals surface area contributed by atoms with Gasteiger partial charge in [0.05, 0.1) is 0 Å². The predicted octanol–water partition coefficient (Wildman–Crippen LogP) is 2.83. The van der Waals surface area contributed by atoms with E-state index < -0.39 is 0 Å². The zero-order valence-corrected chi connectivity index (χ0v) is 12.8. The van der Waals surface area contributed by atoms with E-state index in [1.807, 2.05) is 26.8 Å². The molecule has 1 heterocycles. The van der Waals surface area contributed by atoms with Gasteiger partial charge in [0.15, 0.2) is 5.76 Å². The number of hydrogen-bond donors (Lipinski definition) is 2. The molecule has 1 aromatic heterocycles. The van der Waals surface area contributed by atoms with E-state index in [0.717, 1.165) is 27.7 Å². The number of hydrogen-bond acceptors (Lipinski definition) is 3.